The Morgan fingerprint density at radius 3 is 2.89 bits per heavy atom. The van der Waals surface area contributed by atoms with Crippen LogP contribution in [0.5, 0.6) is 5.75 Å². The van der Waals surface area contributed by atoms with Gasteiger partial charge in [0.25, 0.3) is 5.91 Å². The lowest BCUT2D eigenvalue weighted by molar-refractivity contribution is -0.141. The highest BCUT2D eigenvalue weighted by atomic mass is 16.5. The van der Waals surface area contributed by atoms with Crippen LogP contribution in [-0.4, -0.2) is 44.1 Å². The first kappa shape index (κ1) is 18.5. The van der Waals surface area contributed by atoms with E-state index < -0.39 is 12.0 Å². The molecule has 0 bridgehead atoms. The van der Waals surface area contributed by atoms with Gasteiger partial charge in [0.2, 0.25) is 11.7 Å². The third-order valence-electron chi connectivity index (χ3n) is 5.63. The number of ether oxygens (including phenoxy) is 1. The maximum Gasteiger partial charge on any atom is 0.326 e. The lowest BCUT2D eigenvalue weighted by atomic mass is 9.84. The number of likely N-dealkylation sites (tertiary alicyclic amines) is 1. The van der Waals surface area contributed by atoms with Crippen molar-refractivity contribution in [1.82, 2.24) is 15.0 Å². The summed E-state index contributed by atoms with van der Waals surface area (Å²) in [4.78, 5) is 30.7. The molecule has 1 amide bonds. The molecular formula is C20H23N3O5. The topological polar surface area (TPSA) is 106 Å². The van der Waals surface area contributed by atoms with Crippen molar-refractivity contribution < 1.29 is 24.0 Å². The van der Waals surface area contributed by atoms with E-state index in [1.54, 1.807) is 36.1 Å². The molecule has 1 aliphatic heterocycles. The van der Waals surface area contributed by atoms with Gasteiger partial charge in [-0.1, -0.05) is 24.1 Å². The summed E-state index contributed by atoms with van der Waals surface area (Å²) in [7, 11) is 0. The van der Waals surface area contributed by atoms with Crippen molar-refractivity contribution in [3.8, 4) is 5.75 Å². The molecule has 3 atom stereocenters. The normalized spacial score (nSPS) is 24.0. The van der Waals surface area contributed by atoms with E-state index in [1.807, 2.05) is 0 Å². The van der Waals surface area contributed by atoms with E-state index in [2.05, 4.69) is 10.1 Å². The number of carbonyl (C=O) groups excluding carboxylic acids is 1. The van der Waals surface area contributed by atoms with Gasteiger partial charge in [-0.15, -0.1) is 0 Å². The molecule has 28 heavy (non-hydrogen) atoms. The van der Waals surface area contributed by atoms with Crippen LogP contribution in [0.4, 0.5) is 0 Å². The van der Waals surface area contributed by atoms with Crippen LogP contribution in [0.2, 0.25) is 0 Å². The van der Waals surface area contributed by atoms with E-state index in [4.69, 9.17) is 9.26 Å². The summed E-state index contributed by atoms with van der Waals surface area (Å²) in [5.41, 5.74) is 0.430. The molecule has 0 spiro atoms. The average molecular weight is 385 g/mol. The fraction of sp³-hybridized carbons (Fsp3) is 0.500. The van der Waals surface area contributed by atoms with Crippen LogP contribution in [0.1, 0.15) is 54.2 Å². The van der Waals surface area contributed by atoms with Gasteiger partial charge < -0.3 is 19.3 Å². The van der Waals surface area contributed by atoms with Gasteiger partial charge in [-0.3, -0.25) is 4.79 Å². The molecule has 148 valence electrons. The first-order valence-electron chi connectivity index (χ1n) is 9.60. The van der Waals surface area contributed by atoms with Crippen LogP contribution in [0, 0.1) is 12.8 Å². The van der Waals surface area contributed by atoms with E-state index in [0.717, 1.165) is 25.7 Å². The number of hydrogen-bond donors (Lipinski definition) is 1. The molecule has 4 rings (SSSR count). The molecule has 8 nitrogen and oxygen atoms in total. The molecule has 8 heteroatoms. The number of aryl methyl sites for hydroxylation is 1. The first-order chi connectivity index (χ1) is 13.5. The van der Waals surface area contributed by atoms with Crippen molar-refractivity contribution in [2.45, 2.75) is 57.7 Å². The summed E-state index contributed by atoms with van der Waals surface area (Å²) >= 11 is 0. The number of aliphatic carboxylic acids is 1. The summed E-state index contributed by atoms with van der Waals surface area (Å²) in [6.45, 7) is 1.82. The minimum atomic E-state index is -0.928. The van der Waals surface area contributed by atoms with Crippen molar-refractivity contribution >= 4 is 11.9 Å². The van der Waals surface area contributed by atoms with Crippen molar-refractivity contribution in [2.75, 3.05) is 0 Å². The minimum Gasteiger partial charge on any atom is -0.485 e. The van der Waals surface area contributed by atoms with Gasteiger partial charge in [0.1, 0.15) is 11.8 Å². The van der Waals surface area contributed by atoms with Gasteiger partial charge in [0.05, 0.1) is 0 Å². The zero-order chi connectivity index (χ0) is 19.7. The SMILES string of the molecule is Cc1nc(COc2cccc(C(=O)N3C(C(=O)O)CC4CCCCC43)c2)no1. The van der Waals surface area contributed by atoms with Crippen molar-refractivity contribution in [1.29, 1.82) is 0 Å². The number of amides is 1. The zero-order valence-corrected chi connectivity index (χ0v) is 15.7. The highest BCUT2D eigenvalue weighted by Gasteiger charge is 2.47. The summed E-state index contributed by atoms with van der Waals surface area (Å²) in [5.74, 6) is 0.479. The lowest BCUT2D eigenvalue weighted by Gasteiger charge is -2.33. The molecule has 1 N–H and O–H groups in total. The Morgan fingerprint density at radius 2 is 2.14 bits per heavy atom. The quantitative estimate of drug-likeness (QED) is 0.843. The number of nitrogens with zero attached hydrogens (tertiary/aromatic N) is 3. The largest absolute Gasteiger partial charge is 0.485 e. The van der Waals surface area contributed by atoms with Gasteiger partial charge in [0, 0.05) is 18.5 Å². The molecule has 3 unspecified atom stereocenters. The smallest absolute Gasteiger partial charge is 0.326 e. The number of carboxylic acids is 1. The van der Waals surface area contributed by atoms with Gasteiger partial charge in [0.15, 0.2) is 6.61 Å². The third-order valence-corrected chi connectivity index (χ3v) is 5.63. The Bertz CT molecular complexity index is 880. The molecule has 2 aliphatic rings. The Balaban J connectivity index is 1.52. The lowest BCUT2D eigenvalue weighted by Crippen LogP contribution is -2.46. The number of carbonyl (C=O) groups is 2. The second kappa shape index (κ2) is 7.61. The number of aromatic nitrogens is 2. The van der Waals surface area contributed by atoms with Gasteiger partial charge in [-0.05, 0) is 43.4 Å². The molecule has 2 fully saturated rings. The maximum atomic E-state index is 13.2. The molecular weight excluding hydrogens is 362 g/mol. The Labute approximate surface area is 162 Å². The van der Waals surface area contributed by atoms with E-state index in [0.29, 0.717) is 29.4 Å². The second-order valence-electron chi connectivity index (χ2n) is 7.46. The fourth-order valence-electron chi connectivity index (χ4n) is 4.39. The van der Waals surface area contributed by atoms with Crippen LogP contribution in [0.15, 0.2) is 28.8 Å². The Morgan fingerprint density at radius 1 is 1.32 bits per heavy atom. The van der Waals surface area contributed by atoms with Gasteiger partial charge >= 0.3 is 5.97 Å². The monoisotopic (exact) mass is 385 g/mol. The number of benzene rings is 1. The van der Waals surface area contributed by atoms with E-state index in [9.17, 15) is 14.7 Å². The number of hydrogen-bond acceptors (Lipinski definition) is 6. The van der Waals surface area contributed by atoms with E-state index in [-0.39, 0.29) is 24.5 Å². The second-order valence-corrected chi connectivity index (χ2v) is 7.46. The highest BCUT2D eigenvalue weighted by molar-refractivity contribution is 5.97. The van der Waals surface area contributed by atoms with Crippen LogP contribution < -0.4 is 4.74 Å². The summed E-state index contributed by atoms with van der Waals surface area (Å²) in [5, 5.41) is 13.4. The Hall–Kier alpha value is -2.90. The number of rotatable bonds is 5. The minimum absolute atomic E-state index is 0.00855. The van der Waals surface area contributed by atoms with Crippen LogP contribution in [0.25, 0.3) is 0 Å². The van der Waals surface area contributed by atoms with Gasteiger partial charge in [-0.25, -0.2) is 4.79 Å². The number of fused-ring (bicyclic) bond motifs is 1. The first-order valence-corrected chi connectivity index (χ1v) is 9.60. The zero-order valence-electron chi connectivity index (χ0n) is 15.7. The van der Waals surface area contributed by atoms with Crippen molar-refractivity contribution in [3.63, 3.8) is 0 Å². The van der Waals surface area contributed by atoms with Crippen molar-refractivity contribution in [3.05, 3.63) is 41.5 Å². The maximum absolute atomic E-state index is 13.2. The summed E-state index contributed by atoms with van der Waals surface area (Å²) < 4.78 is 10.6. The van der Waals surface area contributed by atoms with E-state index >= 15 is 0 Å². The van der Waals surface area contributed by atoms with Crippen LogP contribution >= 0.6 is 0 Å². The molecule has 1 saturated heterocycles. The van der Waals surface area contributed by atoms with Crippen LogP contribution in [0.3, 0.4) is 0 Å². The third kappa shape index (κ3) is 3.58. The Kier molecular flexibility index (Phi) is 5.02. The molecule has 2 aromatic rings. The predicted octanol–water partition coefficient (Wildman–Crippen LogP) is 2.81. The standard InChI is InChI=1S/C20H23N3O5/c1-12-21-18(22-28-12)11-27-15-7-4-6-14(9-15)19(24)23-16-8-3-2-5-13(16)10-17(23)20(25)26/h4,6-7,9,13,16-17H,2-3,5,8,10-11H2,1H3,(H,25,26). The van der Waals surface area contributed by atoms with E-state index in [1.165, 1.54) is 0 Å². The van der Waals surface area contributed by atoms with Crippen molar-refractivity contribution in [2.24, 2.45) is 5.92 Å². The molecule has 1 aliphatic carbocycles. The highest BCUT2D eigenvalue weighted by Crippen LogP contribution is 2.40. The fourth-order valence-corrected chi connectivity index (χ4v) is 4.39. The molecule has 2 heterocycles. The summed E-state index contributed by atoms with van der Waals surface area (Å²) in [6, 6.07) is 6.06. The number of carboxylic acid groups (broad SMARTS) is 1. The molecule has 1 saturated carbocycles. The molecule has 1 aromatic carbocycles. The van der Waals surface area contributed by atoms with Gasteiger partial charge in [-0.2, -0.15) is 4.98 Å². The average Bonchev–Trinajstić information content (AvgIpc) is 3.29. The molecule has 0 radical (unpaired) electrons. The molecule has 1 aromatic heterocycles. The predicted molar refractivity (Wildman–Crippen MR) is 97.8 cm³/mol. The summed E-state index contributed by atoms with van der Waals surface area (Å²) in [6.07, 6.45) is 4.54. The van der Waals surface area contributed by atoms with Crippen LogP contribution in [-0.2, 0) is 11.4 Å².